The van der Waals surface area contributed by atoms with Crippen molar-refractivity contribution in [2.24, 2.45) is 5.92 Å². The molecule has 1 aliphatic heterocycles. The quantitative estimate of drug-likeness (QED) is 0.921. The number of rotatable bonds is 4. The Hall–Kier alpha value is -2.24. The van der Waals surface area contributed by atoms with E-state index in [0.29, 0.717) is 23.7 Å². The Morgan fingerprint density at radius 3 is 2.52 bits per heavy atom. The molecule has 2 amide bonds. The molecule has 1 saturated heterocycles. The predicted molar refractivity (Wildman–Crippen MR) is 87.9 cm³/mol. The summed E-state index contributed by atoms with van der Waals surface area (Å²) < 4.78 is 10.5. The maximum absolute atomic E-state index is 12.3. The van der Waals surface area contributed by atoms with Crippen LogP contribution in [-0.2, 0) is 9.59 Å². The first kappa shape index (κ1) is 17.1. The number of amides is 2. The van der Waals surface area contributed by atoms with Crippen molar-refractivity contribution >= 4 is 17.5 Å². The van der Waals surface area contributed by atoms with Gasteiger partial charge in [-0.15, -0.1) is 0 Å². The highest BCUT2D eigenvalue weighted by molar-refractivity contribution is 6.01. The molecular formula is C17H24N2O4. The molecule has 2 rings (SSSR count). The van der Waals surface area contributed by atoms with Crippen LogP contribution in [0.4, 0.5) is 5.69 Å². The van der Waals surface area contributed by atoms with Crippen LogP contribution in [-0.4, -0.2) is 38.1 Å². The molecule has 1 fully saturated rings. The summed E-state index contributed by atoms with van der Waals surface area (Å²) >= 11 is 0. The fourth-order valence-electron chi connectivity index (χ4n) is 2.60. The number of nitrogens with one attached hydrogen (secondary N) is 1. The first-order valence-corrected chi connectivity index (χ1v) is 7.59. The fourth-order valence-corrected chi connectivity index (χ4v) is 2.60. The van der Waals surface area contributed by atoms with Crippen molar-refractivity contribution in [3.05, 3.63) is 18.2 Å². The number of methoxy groups -OCH3 is 2. The van der Waals surface area contributed by atoms with Crippen molar-refractivity contribution in [3.8, 4) is 11.5 Å². The second kappa shape index (κ2) is 6.48. The van der Waals surface area contributed by atoms with Gasteiger partial charge in [0.2, 0.25) is 11.8 Å². The second-order valence-electron chi connectivity index (χ2n) is 6.68. The van der Waals surface area contributed by atoms with Crippen LogP contribution in [0.25, 0.3) is 0 Å². The van der Waals surface area contributed by atoms with Gasteiger partial charge in [-0.3, -0.25) is 9.59 Å². The highest BCUT2D eigenvalue weighted by Gasteiger charge is 2.37. The first-order chi connectivity index (χ1) is 10.7. The van der Waals surface area contributed by atoms with Gasteiger partial charge < -0.3 is 19.7 Å². The van der Waals surface area contributed by atoms with Gasteiger partial charge in [-0.1, -0.05) is 0 Å². The van der Waals surface area contributed by atoms with Gasteiger partial charge in [0.25, 0.3) is 0 Å². The lowest BCUT2D eigenvalue weighted by Gasteiger charge is -2.23. The van der Waals surface area contributed by atoms with E-state index in [1.54, 1.807) is 37.3 Å². The Morgan fingerprint density at radius 1 is 1.26 bits per heavy atom. The van der Waals surface area contributed by atoms with E-state index in [0.717, 1.165) is 0 Å². The predicted octanol–water partition coefficient (Wildman–Crippen LogP) is 1.97. The molecule has 1 N–H and O–H groups in total. The van der Waals surface area contributed by atoms with Crippen LogP contribution in [0.3, 0.4) is 0 Å². The smallest absolute Gasteiger partial charge is 0.227 e. The molecule has 1 unspecified atom stereocenters. The summed E-state index contributed by atoms with van der Waals surface area (Å²) in [6.07, 6.45) is 0.205. The van der Waals surface area contributed by atoms with Crippen molar-refractivity contribution in [2.45, 2.75) is 32.7 Å². The zero-order chi connectivity index (χ0) is 17.2. The average Bonchev–Trinajstić information content (AvgIpc) is 2.86. The van der Waals surface area contributed by atoms with E-state index in [1.807, 2.05) is 20.8 Å². The number of nitrogens with zero attached hydrogens (tertiary/aromatic N) is 1. The molecule has 1 aromatic rings. The van der Waals surface area contributed by atoms with Gasteiger partial charge in [0, 0.05) is 24.6 Å². The van der Waals surface area contributed by atoms with E-state index in [2.05, 4.69) is 5.32 Å². The van der Waals surface area contributed by atoms with E-state index in [9.17, 15) is 9.59 Å². The van der Waals surface area contributed by atoms with Crippen LogP contribution in [0, 0.1) is 5.92 Å². The van der Waals surface area contributed by atoms with E-state index < -0.39 is 0 Å². The minimum absolute atomic E-state index is 0.0810. The lowest BCUT2D eigenvalue weighted by Crippen LogP contribution is -2.44. The lowest BCUT2D eigenvalue weighted by atomic mass is 10.0. The van der Waals surface area contributed by atoms with Crippen molar-refractivity contribution in [1.82, 2.24) is 5.32 Å². The number of hydrogen-bond acceptors (Lipinski definition) is 4. The summed E-state index contributed by atoms with van der Waals surface area (Å²) in [7, 11) is 3.12. The van der Waals surface area contributed by atoms with Gasteiger partial charge in [0.1, 0.15) is 11.5 Å². The number of carbonyl (C=O) groups excluding carboxylic acids is 2. The Labute approximate surface area is 136 Å². The standard InChI is InChI=1S/C17H24N2O4/c1-17(2,3)18-16(21)11-8-15(20)19(10-11)13-7-6-12(22-4)9-14(13)23-5/h6-7,9,11H,8,10H2,1-5H3,(H,18,21). The molecule has 1 aromatic carbocycles. The van der Waals surface area contributed by atoms with Crippen LogP contribution < -0.4 is 19.7 Å². The molecule has 1 heterocycles. The van der Waals surface area contributed by atoms with Crippen molar-refractivity contribution in [3.63, 3.8) is 0 Å². The maximum Gasteiger partial charge on any atom is 0.227 e. The number of anilines is 1. The molecule has 0 spiro atoms. The Kier molecular flexibility index (Phi) is 4.82. The van der Waals surface area contributed by atoms with Crippen LogP contribution >= 0.6 is 0 Å². The summed E-state index contributed by atoms with van der Waals surface area (Å²) in [5.74, 6) is 0.672. The molecular weight excluding hydrogens is 296 g/mol. The van der Waals surface area contributed by atoms with Gasteiger partial charge in [-0.05, 0) is 32.9 Å². The largest absolute Gasteiger partial charge is 0.497 e. The minimum Gasteiger partial charge on any atom is -0.497 e. The molecule has 0 bridgehead atoms. The summed E-state index contributed by atoms with van der Waals surface area (Å²) in [4.78, 5) is 26.2. The molecule has 6 heteroatoms. The number of ether oxygens (including phenoxy) is 2. The van der Waals surface area contributed by atoms with E-state index >= 15 is 0 Å². The van der Waals surface area contributed by atoms with Gasteiger partial charge in [0.05, 0.1) is 25.8 Å². The van der Waals surface area contributed by atoms with E-state index in [4.69, 9.17) is 9.47 Å². The average molecular weight is 320 g/mol. The van der Waals surface area contributed by atoms with Crippen molar-refractivity contribution in [2.75, 3.05) is 25.7 Å². The molecule has 0 aliphatic carbocycles. The topological polar surface area (TPSA) is 67.9 Å². The van der Waals surface area contributed by atoms with Crippen LogP contribution in [0.5, 0.6) is 11.5 Å². The molecule has 23 heavy (non-hydrogen) atoms. The van der Waals surface area contributed by atoms with E-state index in [-0.39, 0.29) is 29.7 Å². The molecule has 0 radical (unpaired) electrons. The summed E-state index contributed by atoms with van der Waals surface area (Å²) in [5, 5.41) is 2.93. The number of carbonyl (C=O) groups is 2. The monoisotopic (exact) mass is 320 g/mol. The Bertz CT molecular complexity index is 607. The van der Waals surface area contributed by atoms with Crippen LogP contribution in [0.2, 0.25) is 0 Å². The van der Waals surface area contributed by atoms with Crippen molar-refractivity contribution < 1.29 is 19.1 Å². The molecule has 1 aliphatic rings. The van der Waals surface area contributed by atoms with Gasteiger partial charge in [-0.2, -0.15) is 0 Å². The fraction of sp³-hybridized carbons (Fsp3) is 0.529. The summed E-state index contributed by atoms with van der Waals surface area (Å²) in [6.45, 7) is 6.12. The van der Waals surface area contributed by atoms with Crippen LogP contribution in [0.15, 0.2) is 18.2 Å². The third-order valence-electron chi connectivity index (χ3n) is 3.67. The highest BCUT2D eigenvalue weighted by atomic mass is 16.5. The lowest BCUT2D eigenvalue weighted by molar-refractivity contribution is -0.127. The number of hydrogen-bond donors (Lipinski definition) is 1. The van der Waals surface area contributed by atoms with Gasteiger partial charge in [0.15, 0.2) is 0 Å². The highest BCUT2D eigenvalue weighted by Crippen LogP contribution is 2.35. The van der Waals surface area contributed by atoms with Crippen molar-refractivity contribution in [1.29, 1.82) is 0 Å². The molecule has 1 atom stereocenters. The first-order valence-electron chi connectivity index (χ1n) is 7.59. The van der Waals surface area contributed by atoms with Crippen LogP contribution in [0.1, 0.15) is 27.2 Å². The summed E-state index contributed by atoms with van der Waals surface area (Å²) in [6, 6.07) is 5.28. The second-order valence-corrected chi connectivity index (χ2v) is 6.68. The molecule has 0 aromatic heterocycles. The molecule has 6 nitrogen and oxygen atoms in total. The normalized spacial score (nSPS) is 18.0. The molecule has 0 saturated carbocycles. The third-order valence-corrected chi connectivity index (χ3v) is 3.67. The Morgan fingerprint density at radius 2 is 1.96 bits per heavy atom. The van der Waals surface area contributed by atoms with Gasteiger partial charge in [-0.25, -0.2) is 0 Å². The minimum atomic E-state index is -0.353. The zero-order valence-corrected chi connectivity index (χ0v) is 14.3. The van der Waals surface area contributed by atoms with E-state index in [1.165, 1.54) is 0 Å². The Balaban J connectivity index is 2.19. The summed E-state index contributed by atoms with van der Waals surface area (Å²) in [5.41, 5.74) is 0.343. The molecule has 126 valence electrons. The number of benzene rings is 1. The van der Waals surface area contributed by atoms with Gasteiger partial charge >= 0.3 is 0 Å². The third kappa shape index (κ3) is 3.94. The SMILES string of the molecule is COc1ccc(N2CC(C(=O)NC(C)(C)C)CC2=O)c(OC)c1. The zero-order valence-electron chi connectivity index (χ0n) is 14.3. The maximum atomic E-state index is 12.3.